The number of amides is 1. The van der Waals surface area contributed by atoms with Crippen LogP contribution in [-0.2, 0) is 4.74 Å². The molecule has 1 amide bonds. The highest BCUT2D eigenvalue weighted by atomic mass is 19.1. The van der Waals surface area contributed by atoms with E-state index in [0.717, 1.165) is 6.07 Å². The van der Waals surface area contributed by atoms with Crippen molar-refractivity contribution in [2.24, 2.45) is 0 Å². The van der Waals surface area contributed by atoms with Gasteiger partial charge in [-0.25, -0.2) is 4.39 Å². The van der Waals surface area contributed by atoms with Crippen molar-refractivity contribution in [3.05, 3.63) is 29.6 Å². The first kappa shape index (κ1) is 14.4. The van der Waals surface area contributed by atoms with Crippen molar-refractivity contribution in [1.82, 2.24) is 5.32 Å². The second-order valence-corrected chi connectivity index (χ2v) is 4.61. The molecule has 1 rings (SSSR count). The number of carbonyl (C=O) groups excluding carboxylic acids is 1. The summed E-state index contributed by atoms with van der Waals surface area (Å²) in [7, 11) is 0. The summed E-state index contributed by atoms with van der Waals surface area (Å²) in [5.41, 5.74) is 5.56. The Morgan fingerprint density at radius 1 is 1.50 bits per heavy atom. The molecule has 0 saturated heterocycles. The second kappa shape index (κ2) is 5.82. The Kier molecular flexibility index (Phi) is 4.67. The van der Waals surface area contributed by atoms with Gasteiger partial charge in [-0.2, -0.15) is 0 Å². The van der Waals surface area contributed by atoms with Gasteiger partial charge in [-0.15, -0.1) is 0 Å². The van der Waals surface area contributed by atoms with Gasteiger partial charge in [-0.1, -0.05) is 0 Å². The topological polar surface area (TPSA) is 64.3 Å². The van der Waals surface area contributed by atoms with Crippen LogP contribution in [0, 0.1) is 5.82 Å². The van der Waals surface area contributed by atoms with E-state index in [9.17, 15) is 9.18 Å². The Labute approximate surface area is 106 Å². The maximum Gasteiger partial charge on any atom is 0.253 e. The highest BCUT2D eigenvalue weighted by Crippen LogP contribution is 2.14. The molecular weight excluding hydrogens is 235 g/mol. The fourth-order valence-corrected chi connectivity index (χ4v) is 1.56. The molecule has 0 saturated carbocycles. The lowest BCUT2D eigenvalue weighted by atomic mass is 10.1. The molecule has 100 valence electrons. The molecule has 0 aromatic heterocycles. The van der Waals surface area contributed by atoms with Crippen molar-refractivity contribution in [2.45, 2.75) is 26.4 Å². The third-order valence-electron chi connectivity index (χ3n) is 2.47. The largest absolute Gasteiger partial charge is 0.398 e. The molecular formula is C13H19FN2O2. The Hall–Kier alpha value is -1.62. The fraction of sp³-hybridized carbons (Fsp3) is 0.462. The normalized spacial score (nSPS) is 11.3. The Morgan fingerprint density at radius 3 is 2.78 bits per heavy atom. The minimum Gasteiger partial charge on any atom is -0.398 e. The first-order valence-electron chi connectivity index (χ1n) is 5.83. The summed E-state index contributed by atoms with van der Waals surface area (Å²) in [5, 5.41) is 2.68. The molecule has 0 aliphatic heterocycles. The van der Waals surface area contributed by atoms with Crippen LogP contribution in [0.15, 0.2) is 18.2 Å². The minimum atomic E-state index is -0.488. The molecule has 0 atom stereocenters. The molecule has 0 aliphatic rings. The van der Waals surface area contributed by atoms with Crippen LogP contribution in [0.25, 0.3) is 0 Å². The summed E-state index contributed by atoms with van der Waals surface area (Å²) in [6.45, 7) is 6.51. The van der Waals surface area contributed by atoms with Gasteiger partial charge in [-0.05, 0) is 39.0 Å². The van der Waals surface area contributed by atoms with Gasteiger partial charge in [0.05, 0.1) is 11.2 Å². The minimum absolute atomic E-state index is 0.141. The van der Waals surface area contributed by atoms with Gasteiger partial charge >= 0.3 is 0 Å². The van der Waals surface area contributed by atoms with Crippen LogP contribution in [-0.4, -0.2) is 24.7 Å². The number of rotatable bonds is 5. The van der Waals surface area contributed by atoms with Crippen molar-refractivity contribution in [2.75, 3.05) is 18.9 Å². The number of nitrogens with two attached hydrogens (primary N) is 1. The van der Waals surface area contributed by atoms with Crippen molar-refractivity contribution in [3.8, 4) is 0 Å². The van der Waals surface area contributed by atoms with E-state index in [4.69, 9.17) is 10.5 Å². The quantitative estimate of drug-likeness (QED) is 0.789. The molecule has 4 nitrogen and oxygen atoms in total. The van der Waals surface area contributed by atoms with Crippen LogP contribution in [0.2, 0.25) is 0 Å². The SMILES string of the molecule is CCOC(C)(C)CNC(=O)c1cc(F)ccc1N. The van der Waals surface area contributed by atoms with Gasteiger partial charge in [0, 0.05) is 18.8 Å². The van der Waals surface area contributed by atoms with Crippen LogP contribution in [0.3, 0.4) is 0 Å². The summed E-state index contributed by atoms with van der Waals surface area (Å²) in [5.74, 6) is -0.891. The van der Waals surface area contributed by atoms with Crippen LogP contribution in [0.1, 0.15) is 31.1 Å². The molecule has 5 heteroatoms. The number of hydrogen-bond donors (Lipinski definition) is 2. The van der Waals surface area contributed by atoms with E-state index in [-0.39, 0.29) is 11.3 Å². The Morgan fingerprint density at radius 2 is 2.17 bits per heavy atom. The lowest BCUT2D eigenvalue weighted by molar-refractivity contribution is -0.00815. The summed E-state index contributed by atoms with van der Waals surface area (Å²) >= 11 is 0. The standard InChI is InChI=1S/C13H19FN2O2/c1-4-18-13(2,3)8-16-12(17)10-7-9(14)5-6-11(10)15/h5-7H,4,8,15H2,1-3H3,(H,16,17). The number of halogens is 1. The molecule has 1 aromatic rings. The zero-order valence-electron chi connectivity index (χ0n) is 10.9. The molecule has 0 bridgehead atoms. The van der Waals surface area contributed by atoms with E-state index < -0.39 is 17.3 Å². The number of anilines is 1. The van der Waals surface area contributed by atoms with Crippen LogP contribution >= 0.6 is 0 Å². The summed E-state index contributed by atoms with van der Waals surface area (Å²) in [6, 6.07) is 3.71. The molecule has 18 heavy (non-hydrogen) atoms. The fourth-order valence-electron chi connectivity index (χ4n) is 1.56. The monoisotopic (exact) mass is 254 g/mol. The van der Waals surface area contributed by atoms with Gasteiger partial charge in [0.1, 0.15) is 5.82 Å². The van der Waals surface area contributed by atoms with E-state index in [1.165, 1.54) is 12.1 Å². The van der Waals surface area contributed by atoms with E-state index in [1.54, 1.807) is 0 Å². The molecule has 0 fully saturated rings. The molecule has 0 unspecified atom stereocenters. The third kappa shape index (κ3) is 4.00. The van der Waals surface area contributed by atoms with Crippen molar-refractivity contribution >= 4 is 11.6 Å². The number of nitrogen functional groups attached to an aromatic ring is 1. The second-order valence-electron chi connectivity index (χ2n) is 4.61. The van der Waals surface area contributed by atoms with Gasteiger partial charge in [0.15, 0.2) is 0 Å². The summed E-state index contributed by atoms with van der Waals surface area (Å²) in [6.07, 6.45) is 0. The van der Waals surface area contributed by atoms with E-state index in [1.807, 2.05) is 20.8 Å². The number of hydrogen-bond acceptors (Lipinski definition) is 3. The molecule has 0 aliphatic carbocycles. The average molecular weight is 254 g/mol. The number of benzene rings is 1. The molecule has 0 heterocycles. The zero-order chi connectivity index (χ0) is 13.8. The van der Waals surface area contributed by atoms with E-state index in [2.05, 4.69) is 5.32 Å². The van der Waals surface area contributed by atoms with Gasteiger partial charge in [0.2, 0.25) is 0 Å². The predicted molar refractivity (Wildman–Crippen MR) is 68.9 cm³/mol. The van der Waals surface area contributed by atoms with Crippen molar-refractivity contribution < 1.29 is 13.9 Å². The highest BCUT2D eigenvalue weighted by molar-refractivity contribution is 5.99. The summed E-state index contributed by atoms with van der Waals surface area (Å²) in [4.78, 5) is 11.9. The zero-order valence-corrected chi connectivity index (χ0v) is 10.9. The van der Waals surface area contributed by atoms with Crippen molar-refractivity contribution in [3.63, 3.8) is 0 Å². The van der Waals surface area contributed by atoms with Gasteiger partial charge < -0.3 is 15.8 Å². The number of carbonyl (C=O) groups is 1. The summed E-state index contributed by atoms with van der Waals surface area (Å²) < 4.78 is 18.5. The van der Waals surface area contributed by atoms with Gasteiger partial charge in [-0.3, -0.25) is 4.79 Å². The lowest BCUT2D eigenvalue weighted by Crippen LogP contribution is -2.40. The predicted octanol–water partition coefficient (Wildman–Crippen LogP) is 1.95. The lowest BCUT2D eigenvalue weighted by Gasteiger charge is -2.25. The maximum absolute atomic E-state index is 13.0. The third-order valence-corrected chi connectivity index (χ3v) is 2.47. The van der Waals surface area contributed by atoms with Crippen LogP contribution in [0.5, 0.6) is 0 Å². The highest BCUT2D eigenvalue weighted by Gasteiger charge is 2.20. The van der Waals surface area contributed by atoms with E-state index in [0.29, 0.717) is 13.2 Å². The molecule has 0 radical (unpaired) electrons. The molecule has 3 N–H and O–H groups in total. The van der Waals surface area contributed by atoms with E-state index >= 15 is 0 Å². The number of ether oxygens (including phenoxy) is 1. The first-order chi connectivity index (χ1) is 8.35. The van der Waals surface area contributed by atoms with Gasteiger partial charge in [0.25, 0.3) is 5.91 Å². The van der Waals surface area contributed by atoms with Crippen LogP contribution < -0.4 is 11.1 Å². The Balaban J connectivity index is 2.69. The molecule has 0 spiro atoms. The maximum atomic E-state index is 13.0. The Bertz CT molecular complexity index is 433. The first-order valence-corrected chi connectivity index (χ1v) is 5.83. The van der Waals surface area contributed by atoms with Crippen molar-refractivity contribution in [1.29, 1.82) is 0 Å². The smallest absolute Gasteiger partial charge is 0.253 e. The number of nitrogens with one attached hydrogen (secondary N) is 1. The van der Waals surface area contributed by atoms with Crippen LogP contribution in [0.4, 0.5) is 10.1 Å². The molecule has 1 aromatic carbocycles. The average Bonchev–Trinajstić information content (AvgIpc) is 2.29.